The summed E-state index contributed by atoms with van der Waals surface area (Å²) in [6.45, 7) is 13.0. The molecule has 1 aliphatic carbocycles. The van der Waals surface area contributed by atoms with Crippen molar-refractivity contribution in [2.75, 3.05) is 6.54 Å². The molecule has 0 aromatic carbocycles. The molecule has 0 bridgehead atoms. The summed E-state index contributed by atoms with van der Waals surface area (Å²) in [6, 6.07) is 0.135. The van der Waals surface area contributed by atoms with Crippen LogP contribution >= 0.6 is 12.2 Å². The SMILES string of the molecule is CC(C)N(CC(N)=S)C(=O)C1C(C)(C)C1(C)C. The van der Waals surface area contributed by atoms with Gasteiger partial charge in [-0.1, -0.05) is 39.9 Å². The van der Waals surface area contributed by atoms with Crippen molar-refractivity contribution in [1.82, 2.24) is 4.90 Å². The van der Waals surface area contributed by atoms with E-state index >= 15 is 0 Å². The molecule has 17 heavy (non-hydrogen) atoms. The number of nitrogens with two attached hydrogens (primary N) is 1. The Labute approximate surface area is 110 Å². The molecule has 0 radical (unpaired) electrons. The molecule has 98 valence electrons. The van der Waals surface area contributed by atoms with E-state index in [0.717, 1.165) is 0 Å². The number of carbonyl (C=O) groups excluding carboxylic acids is 1. The lowest BCUT2D eigenvalue weighted by Gasteiger charge is -2.27. The standard InChI is InChI=1S/C13H24N2OS/c1-8(2)15(7-9(14)17)11(16)10-12(3,4)13(10,5)6/h8,10H,7H2,1-6H3,(H2,14,17). The second-order valence-electron chi connectivity index (χ2n) is 6.40. The Balaban J connectivity index is 2.85. The summed E-state index contributed by atoms with van der Waals surface area (Å²) in [5.41, 5.74) is 5.69. The van der Waals surface area contributed by atoms with Gasteiger partial charge in [-0.05, 0) is 24.7 Å². The predicted octanol–water partition coefficient (Wildman–Crippen LogP) is 2.19. The van der Waals surface area contributed by atoms with E-state index < -0.39 is 0 Å². The van der Waals surface area contributed by atoms with Crippen LogP contribution in [0.25, 0.3) is 0 Å². The molecule has 1 amide bonds. The van der Waals surface area contributed by atoms with E-state index in [0.29, 0.717) is 11.5 Å². The molecule has 0 unspecified atom stereocenters. The zero-order valence-corrected chi connectivity index (χ0v) is 12.5. The van der Waals surface area contributed by atoms with Gasteiger partial charge in [-0.3, -0.25) is 4.79 Å². The predicted molar refractivity (Wildman–Crippen MR) is 74.7 cm³/mol. The summed E-state index contributed by atoms with van der Waals surface area (Å²) >= 11 is 4.92. The average molecular weight is 256 g/mol. The number of thiocarbonyl (C=S) groups is 1. The average Bonchev–Trinajstić information content (AvgIpc) is 2.52. The summed E-state index contributed by atoms with van der Waals surface area (Å²) in [7, 11) is 0. The molecule has 1 rings (SSSR count). The van der Waals surface area contributed by atoms with Gasteiger partial charge in [0, 0.05) is 12.0 Å². The quantitative estimate of drug-likeness (QED) is 0.784. The summed E-state index contributed by atoms with van der Waals surface area (Å²) in [6.07, 6.45) is 0. The van der Waals surface area contributed by atoms with Gasteiger partial charge in [0.15, 0.2) is 0 Å². The third-order valence-electron chi connectivity index (χ3n) is 4.50. The Kier molecular flexibility index (Phi) is 3.59. The van der Waals surface area contributed by atoms with Crippen LogP contribution in [0.2, 0.25) is 0 Å². The van der Waals surface area contributed by atoms with Crippen LogP contribution in [0.5, 0.6) is 0 Å². The maximum atomic E-state index is 12.5. The van der Waals surface area contributed by atoms with Gasteiger partial charge >= 0.3 is 0 Å². The van der Waals surface area contributed by atoms with E-state index in [1.807, 2.05) is 13.8 Å². The Morgan fingerprint density at radius 3 is 1.94 bits per heavy atom. The monoisotopic (exact) mass is 256 g/mol. The highest BCUT2D eigenvalue weighted by molar-refractivity contribution is 7.80. The second kappa shape index (κ2) is 4.23. The van der Waals surface area contributed by atoms with Crippen LogP contribution in [-0.4, -0.2) is 28.4 Å². The Morgan fingerprint density at radius 2 is 1.71 bits per heavy atom. The van der Waals surface area contributed by atoms with Crippen molar-refractivity contribution in [3.8, 4) is 0 Å². The van der Waals surface area contributed by atoms with Crippen LogP contribution in [0.1, 0.15) is 41.5 Å². The highest BCUT2D eigenvalue weighted by atomic mass is 32.1. The van der Waals surface area contributed by atoms with E-state index in [4.69, 9.17) is 18.0 Å². The van der Waals surface area contributed by atoms with Gasteiger partial charge in [0.1, 0.15) is 0 Å². The smallest absolute Gasteiger partial charge is 0.227 e. The largest absolute Gasteiger partial charge is 0.392 e. The minimum atomic E-state index is 0.0629. The molecule has 2 N–H and O–H groups in total. The first-order valence-electron chi connectivity index (χ1n) is 6.12. The minimum Gasteiger partial charge on any atom is -0.392 e. The molecule has 0 saturated heterocycles. The zero-order chi connectivity index (χ0) is 13.6. The number of carbonyl (C=O) groups is 1. The molecular weight excluding hydrogens is 232 g/mol. The molecule has 0 aromatic rings. The van der Waals surface area contributed by atoms with Crippen molar-refractivity contribution in [2.45, 2.75) is 47.6 Å². The fourth-order valence-electron chi connectivity index (χ4n) is 2.66. The molecule has 4 heteroatoms. The van der Waals surface area contributed by atoms with Crippen LogP contribution in [0.4, 0.5) is 0 Å². The van der Waals surface area contributed by atoms with Crippen molar-refractivity contribution in [3.05, 3.63) is 0 Å². The Hall–Kier alpha value is -0.640. The van der Waals surface area contributed by atoms with E-state index in [1.165, 1.54) is 0 Å². The third-order valence-corrected chi connectivity index (χ3v) is 4.63. The van der Waals surface area contributed by atoms with Gasteiger partial charge in [0.05, 0.1) is 11.5 Å². The molecule has 1 fully saturated rings. The van der Waals surface area contributed by atoms with Crippen molar-refractivity contribution < 1.29 is 4.79 Å². The highest BCUT2D eigenvalue weighted by Gasteiger charge is 2.68. The van der Waals surface area contributed by atoms with Crippen LogP contribution in [-0.2, 0) is 4.79 Å². The first-order chi connectivity index (χ1) is 7.53. The van der Waals surface area contributed by atoms with Crippen molar-refractivity contribution in [2.24, 2.45) is 22.5 Å². The first kappa shape index (κ1) is 14.4. The van der Waals surface area contributed by atoms with Crippen LogP contribution < -0.4 is 5.73 Å². The van der Waals surface area contributed by atoms with Crippen LogP contribution in [0.3, 0.4) is 0 Å². The number of nitrogens with zero attached hydrogens (tertiary/aromatic N) is 1. The molecule has 0 atom stereocenters. The summed E-state index contributed by atoms with van der Waals surface area (Å²) in [5, 5.41) is 0. The Morgan fingerprint density at radius 1 is 1.29 bits per heavy atom. The summed E-state index contributed by atoms with van der Waals surface area (Å²) in [4.78, 5) is 14.7. The molecule has 0 aromatic heterocycles. The van der Waals surface area contributed by atoms with Crippen molar-refractivity contribution in [3.63, 3.8) is 0 Å². The van der Waals surface area contributed by atoms with Gasteiger partial charge < -0.3 is 10.6 Å². The van der Waals surface area contributed by atoms with Gasteiger partial charge in [-0.15, -0.1) is 0 Å². The van der Waals surface area contributed by atoms with Crippen molar-refractivity contribution >= 4 is 23.1 Å². The third kappa shape index (κ3) is 2.32. The van der Waals surface area contributed by atoms with Gasteiger partial charge in [0.25, 0.3) is 0 Å². The maximum absolute atomic E-state index is 12.5. The lowest BCUT2D eigenvalue weighted by molar-refractivity contribution is -0.134. The van der Waals surface area contributed by atoms with Crippen molar-refractivity contribution in [1.29, 1.82) is 0 Å². The topological polar surface area (TPSA) is 46.3 Å². The highest BCUT2D eigenvalue weighted by Crippen LogP contribution is 2.68. The lowest BCUT2D eigenvalue weighted by Crippen LogP contribution is -2.43. The maximum Gasteiger partial charge on any atom is 0.227 e. The van der Waals surface area contributed by atoms with E-state index in [-0.39, 0.29) is 28.7 Å². The molecule has 0 spiro atoms. The molecule has 1 aliphatic rings. The van der Waals surface area contributed by atoms with Gasteiger partial charge in [-0.2, -0.15) is 0 Å². The zero-order valence-electron chi connectivity index (χ0n) is 11.7. The number of hydrogen-bond donors (Lipinski definition) is 1. The van der Waals surface area contributed by atoms with E-state index in [1.54, 1.807) is 4.90 Å². The normalized spacial score (nSPS) is 21.4. The fourth-order valence-corrected chi connectivity index (χ4v) is 2.80. The van der Waals surface area contributed by atoms with E-state index in [9.17, 15) is 4.79 Å². The lowest BCUT2D eigenvalue weighted by atomic mass is 10.0. The van der Waals surface area contributed by atoms with E-state index in [2.05, 4.69) is 27.7 Å². The summed E-state index contributed by atoms with van der Waals surface area (Å²) < 4.78 is 0. The number of hydrogen-bond acceptors (Lipinski definition) is 2. The summed E-state index contributed by atoms with van der Waals surface area (Å²) in [5.74, 6) is 0.259. The van der Waals surface area contributed by atoms with Gasteiger partial charge in [-0.25, -0.2) is 0 Å². The fraction of sp³-hybridized carbons (Fsp3) is 0.846. The Bertz CT molecular complexity index is 333. The number of rotatable bonds is 4. The molecule has 3 nitrogen and oxygen atoms in total. The van der Waals surface area contributed by atoms with Crippen LogP contribution in [0.15, 0.2) is 0 Å². The molecule has 1 saturated carbocycles. The molecule has 0 heterocycles. The first-order valence-corrected chi connectivity index (χ1v) is 6.53. The van der Waals surface area contributed by atoms with Crippen LogP contribution in [0, 0.1) is 16.7 Å². The number of amides is 1. The molecular formula is C13H24N2OS. The molecule has 0 aliphatic heterocycles. The minimum absolute atomic E-state index is 0.0629. The second-order valence-corrected chi connectivity index (χ2v) is 6.93. The van der Waals surface area contributed by atoms with Gasteiger partial charge in [0.2, 0.25) is 5.91 Å².